The van der Waals surface area contributed by atoms with E-state index in [1.165, 1.54) is 4.90 Å². The summed E-state index contributed by atoms with van der Waals surface area (Å²) in [5.74, 6) is -0.212. The zero-order valence-corrected chi connectivity index (χ0v) is 17.9. The monoisotopic (exact) mass is 432 g/mol. The highest BCUT2D eigenvalue weighted by Crippen LogP contribution is 2.36. The number of carbonyl (C=O) groups is 2. The maximum absolute atomic E-state index is 13.5. The van der Waals surface area contributed by atoms with Crippen molar-refractivity contribution >= 4 is 40.4 Å². The number of hydrogen-bond acceptors (Lipinski definition) is 4. The van der Waals surface area contributed by atoms with Crippen LogP contribution in [0.15, 0.2) is 78.5 Å². The van der Waals surface area contributed by atoms with Crippen LogP contribution in [0.4, 0.5) is 11.4 Å². The molecule has 0 aromatic heterocycles. The van der Waals surface area contributed by atoms with Gasteiger partial charge in [-0.3, -0.25) is 9.59 Å². The summed E-state index contributed by atoms with van der Waals surface area (Å²) in [5.41, 5.74) is 3.09. The molecule has 0 bridgehead atoms. The molecule has 1 heterocycles. The summed E-state index contributed by atoms with van der Waals surface area (Å²) in [6.07, 6.45) is 0. The average Bonchev–Trinajstić information content (AvgIpc) is 3.00. The zero-order chi connectivity index (χ0) is 22.0. The van der Waals surface area contributed by atoms with Crippen LogP contribution < -0.4 is 15.0 Å². The molecule has 156 valence electrons. The number of nitrogens with one attached hydrogen (secondary N) is 1. The van der Waals surface area contributed by atoms with Crippen LogP contribution in [0.25, 0.3) is 5.57 Å². The summed E-state index contributed by atoms with van der Waals surface area (Å²) in [6.45, 7) is 4.23. The molecule has 0 aliphatic carbocycles. The van der Waals surface area contributed by atoms with Crippen molar-refractivity contribution in [2.75, 3.05) is 16.8 Å². The molecular weight excluding hydrogens is 412 g/mol. The van der Waals surface area contributed by atoms with Gasteiger partial charge in [-0.05, 0) is 55.3 Å². The highest BCUT2D eigenvalue weighted by molar-refractivity contribution is 6.46. The third-order valence-corrected chi connectivity index (χ3v) is 5.27. The lowest BCUT2D eigenvalue weighted by molar-refractivity contribution is -0.120. The number of carbonyl (C=O) groups excluding carboxylic acids is 2. The van der Waals surface area contributed by atoms with Gasteiger partial charge >= 0.3 is 0 Å². The second kappa shape index (κ2) is 8.66. The van der Waals surface area contributed by atoms with Crippen molar-refractivity contribution in [2.45, 2.75) is 13.8 Å². The molecule has 0 radical (unpaired) electrons. The van der Waals surface area contributed by atoms with Gasteiger partial charge in [-0.2, -0.15) is 0 Å². The van der Waals surface area contributed by atoms with Gasteiger partial charge in [-0.25, -0.2) is 4.90 Å². The number of benzene rings is 3. The maximum atomic E-state index is 13.5. The molecule has 0 fully saturated rings. The Bertz CT molecular complexity index is 1190. The third kappa shape index (κ3) is 3.92. The Kier molecular flexibility index (Phi) is 5.78. The van der Waals surface area contributed by atoms with Gasteiger partial charge in [0.1, 0.15) is 11.4 Å². The molecule has 4 rings (SSSR count). The largest absolute Gasteiger partial charge is 0.492 e. The van der Waals surface area contributed by atoms with Crippen molar-refractivity contribution in [1.29, 1.82) is 0 Å². The number of aryl methyl sites for hydroxylation is 1. The minimum absolute atomic E-state index is 0.197. The fourth-order valence-electron chi connectivity index (χ4n) is 3.55. The molecule has 0 spiro atoms. The molecular formula is C25H21ClN2O3. The molecule has 5 nitrogen and oxygen atoms in total. The van der Waals surface area contributed by atoms with Gasteiger partial charge in [-0.1, -0.05) is 54.1 Å². The van der Waals surface area contributed by atoms with E-state index in [9.17, 15) is 9.59 Å². The summed E-state index contributed by atoms with van der Waals surface area (Å²) in [5, 5.41) is 3.72. The summed E-state index contributed by atoms with van der Waals surface area (Å²) in [6, 6.07) is 21.5. The molecule has 1 aliphatic rings. The van der Waals surface area contributed by atoms with Crippen LogP contribution in [0, 0.1) is 6.92 Å². The standard InChI is InChI=1S/C25H21ClN2O3/c1-3-31-21-11-7-5-9-19(21)27-23-22(17-12-14-18(26)15-13-17)24(29)28(25(23)30)20-10-6-4-8-16(20)2/h4-15,27H,3H2,1-2H3. The first-order valence-corrected chi connectivity index (χ1v) is 10.3. The third-order valence-electron chi connectivity index (χ3n) is 5.02. The van der Waals surface area contributed by atoms with Gasteiger partial charge in [-0.15, -0.1) is 0 Å². The molecule has 0 atom stereocenters. The smallest absolute Gasteiger partial charge is 0.282 e. The molecule has 1 N–H and O–H groups in total. The predicted molar refractivity (Wildman–Crippen MR) is 123 cm³/mol. The first-order valence-electron chi connectivity index (χ1n) is 9.94. The van der Waals surface area contributed by atoms with Crippen LogP contribution in [0.1, 0.15) is 18.1 Å². The topological polar surface area (TPSA) is 58.6 Å². The van der Waals surface area contributed by atoms with E-state index in [4.69, 9.17) is 16.3 Å². The molecule has 6 heteroatoms. The lowest BCUT2D eigenvalue weighted by atomic mass is 10.0. The first-order chi connectivity index (χ1) is 15.0. The van der Waals surface area contributed by atoms with Gasteiger partial charge in [0.25, 0.3) is 11.8 Å². The second-order valence-electron chi connectivity index (χ2n) is 7.04. The van der Waals surface area contributed by atoms with E-state index in [0.717, 1.165) is 5.56 Å². The van der Waals surface area contributed by atoms with E-state index in [2.05, 4.69) is 5.32 Å². The molecule has 3 aromatic carbocycles. The van der Waals surface area contributed by atoms with Crippen molar-refractivity contribution in [2.24, 2.45) is 0 Å². The Labute approximate surface area is 185 Å². The Morgan fingerprint density at radius 2 is 1.58 bits per heavy atom. The van der Waals surface area contributed by atoms with E-state index in [-0.39, 0.29) is 11.3 Å². The predicted octanol–water partition coefficient (Wildman–Crippen LogP) is 5.44. The van der Waals surface area contributed by atoms with Crippen molar-refractivity contribution in [3.8, 4) is 5.75 Å². The molecule has 31 heavy (non-hydrogen) atoms. The molecule has 0 saturated carbocycles. The van der Waals surface area contributed by atoms with Gasteiger partial charge < -0.3 is 10.1 Å². The number of imide groups is 1. The van der Waals surface area contributed by atoms with Crippen LogP contribution in [0.2, 0.25) is 5.02 Å². The normalized spacial score (nSPS) is 13.7. The Morgan fingerprint density at radius 3 is 2.29 bits per heavy atom. The van der Waals surface area contributed by atoms with Gasteiger partial charge in [0.15, 0.2) is 0 Å². The summed E-state index contributed by atoms with van der Waals surface area (Å²) < 4.78 is 5.68. The van der Waals surface area contributed by atoms with E-state index < -0.39 is 11.8 Å². The van der Waals surface area contributed by atoms with Crippen molar-refractivity contribution < 1.29 is 14.3 Å². The van der Waals surface area contributed by atoms with E-state index in [0.29, 0.717) is 34.3 Å². The number of anilines is 2. The maximum Gasteiger partial charge on any atom is 0.282 e. The molecule has 0 unspecified atom stereocenters. The number of ether oxygens (including phenoxy) is 1. The number of amides is 2. The number of hydrogen-bond donors (Lipinski definition) is 1. The van der Waals surface area contributed by atoms with Crippen molar-refractivity contribution in [1.82, 2.24) is 0 Å². The number of halogens is 1. The summed E-state index contributed by atoms with van der Waals surface area (Å²) in [7, 11) is 0. The average molecular weight is 433 g/mol. The fraction of sp³-hybridized carbons (Fsp3) is 0.120. The number of rotatable bonds is 6. The molecule has 2 amide bonds. The van der Waals surface area contributed by atoms with E-state index >= 15 is 0 Å². The zero-order valence-electron chi connectivity index (χ0n) is 17.2. The van der Waals surface area contributed by atoms with Crippen LogP contribution in [0.5, 0.6) is 5.75 Å². The molecule has 3 aromatic rings. The van der Waals surface area contributed by atoms with Crippen LogP contribution in [-0.4, -0.2) is 18.4 Å². The number of para-hydroxylation sites is 3. The highest BCUT2D eigenvalue weighted by atomic mass is 35.5. The minimum Gasteiger partial charge on any atom is -0.492 e. The van der Waals surface area contributed by atoms with Gasteiger partial charge in [0, 0.05) is 5.02 Å². The quantitative estimate of drug-likeness (QED) is 0.526. The highest BCUT2D eigenvalue weighted by Gasteiger charge is 2.41. The minimum atomic E-state index is -0.421. The number of nitrogens with zero attached hydrogens (tertiary/aromatic N) is 1. The van der Waals surface area contributed by atoms with Crippen LogP contribution >= 0.6 is 11.6 Å². The Hall–Kier alpha value is -3.57. The fourth-order valence-corrected chi connectivity index (χ4v) is 3.68. The van der Waals surface area contributed by atoms with Crippen molar-refractivity contribution in [3.05, 3.63) is 94.6 Å². The second-order valence-corrected chi connectivity index (χ2v) is 7.48. The van der Waals surface area contributed by atoms with Crippen molar-refractivity contribution in [3.63, 3.8) is 0 Å². The molecule has 0 saturated heterocycles. The van der Waals surface area contributed by atoms with E-state index in [1.807, 2.05) is 50.2 Å². The Balaban J connectivity index is 1.84. The van der Waals surface area contributed by atoms with E-state index in [1.54, 1.807) is 36.4 Å². The molecule has 1 aliphatic heterocycles. The summed E-state index contributed by atoms with van der Waals surface area (Å²) >= 11 is 6.04. The van der Waals surface area contributed by atoms with Gasteiger partial charge in [0.05, 0.1) is 23.6 Å². The first kappa shape index (κ1) is 20.7. The van der Waals surface area contributed by atoms with Crippen LogP contribution in [0.3, 0.4) is 0 Å². The van der Waals surface area contributed by atoms with Crippen LogP contribution in [-0.2, 0) is 9.59 Å². The van der Waals surface area contributed by atoms with Gasteiger partial charge in [0.2, 0.25) is 0 Å². The Morgan fingerprint density at radius 1 is 0.903 bits per heavy atom. The SMILES string of the molecule is CCOc1ccccc1NC1=C(c2ccc(Cl)cc2)C(=O)N(c2ccccc2C)C1=O. The lowest BCUT2D eigenvalue weighted by Gasteiger charge is -2.18. The summed E-state index contributed by atoms with van der Waals surface area (Å²) in [4.78, 5) is 28.2. The lowest BCUT2D eigenvalue weighted by Crippen LogP contribution is -2.33.